The number of nitrogens with two attached hydrogens (primary N) is 1. The van der Waals surface area contributed by atoms with Crippen molar-refractivity contribution in [3.05, 3.63) is 28.3 Å². The number of amides is 1. The second-order valence-corrected chi connectivity index (χ2v) is 4.65. The van der Waals surface area contributed by atoms with E-state index < -0.39 is 4.92 Å². The van der Waals surface area contributed by atoms with Crippen LogP contribution in [-0.2, 0) is 4.79 Å². The van der Waals surface area contributed by atoms with Gasteiger partial charge in [0.1, 0.15) is 11.4 Å². The Labute approximate surface area is 109 Å². The molecule has 1 aliphatic rings. The summed E-state index contributed by atoms with van der Waals surface area (Å²) in [5.74, 6) is -0.838. The standard InChI is InChI=1S/C12H15N3O4/c13-9-3-1-2-8(9)12(17)14-10-5-4-7(16)6-11(10)15(18)19/h4-6,8-9,16H,1-3,13H2,(H,14,17). The Kier molecular flexibility index (Phi) is 3.66. The van der Waals surface area contributed by atoms with Crippen LogP contribution in [0.2, 0.25) is 0 Å². The van der Waals surface area contributed by atoms with Gasteiger partial charge in [0.05, 0.1) is 16.9 Å². The Morgan fingerprint density at radius 3 is 2.79 bits per heavy atom. The van der Waals surface area contributed by atoms with Crippen LogP contribution in [0.1, 0.15) is 19.3 Å². The Balaban J connectivity index is 2.19. The highest BCUT2D eigenvalue weighted by Crippen LogP contribution is 2.30. The predicted molar refractivity (Wildman–Crippen MR) is 68.7 cm³/mol. The summed E-state index contributed by atoms with van der Waals surface area (Å²) in [7, 11) is 0. The summed E-state index contributed by atoms with van der Waals surface area (Å²) in [6.45, 7) is 0. The van der Waals surface area contributed by atoms with Gasteiger partial charge in [0.25, 0.3) is 5.69 Å². The third-order valence-electron chi connectivity index (χ3n) is 3.34. The summed E-state index contributed by atoms with van der Waals surface area (Å²) in [6.07, 6.45) is 2.37. The molecule has 0 saturated heterocycles. The molecule has 0 radical (unpaired) electrons. The van der Waals surface area contributed by atoms with Gasteiger partial charge in [-0.15, -0.1) is 0 Å². The zero-order valence-electron chi connectivity index (χ0n) is 10.2. The maximum absolute atomic E-state index is 12.0. The predicted octanol–water partition coefficient (Wildman–Crippen LogP) is 1.37. The molecule has 0 bridgehead atoms. The van der Waals surface area contributed by atoms with E-state index in [4.69, 9.17) is 5.73 Å². The Hall–Kier alpha value is -2.15. The number of nitrogens with zero attached hydrogens (tertiary/aromatic N) is 1. The van der Waals surface area contributed by atoms with E-state index in [1.807, 2.05) is 0 Å². The molecule has 1 fully saturated rings. The van der Waals surface area contributed by atoms with Gasteiger partial charge in [-0.2, -0.15) is 0 Å². The summed E-state index contributed by atoms with van der Waals surface area (Å²) in [4.78, 5) is 22.2. The van der Waals surface area contributed by atoms with Crippen LogP contribution < -0.4 is 11.1 Å². The highest BCUT2D eigenvalue weighted by molar-refractivity contribution is 5.95. The molecule has 1 aromatic rings. The van der Waals surface area contributed by atoms with Gasteiger partial charge in [-0.1, -0.05) is 6.42 Å². The third-order valence-corrected chi connectivity index (χ3v) is 3.34. The fraction of sp³-hybridized carbons (Fsp3) is 0.417. The van der Waals surface area contributed by atoms with E-state index in [0.29, 0.717) is 6.42 Å². The van der Waals surface area contributed by atoms with Crippen molar-refractivity contribution in [3.8, 4) is 5.75 Å². The van der Waals surface area contributed by atoms with Crippen LogP contribution in [0.5, 0.6) is 5.75 Å². The number of hydrogen-bond acceptors (Lipinski definition) is 5. The quantitative estimate of drug-likeness (QED) is 0.433. The molecule has 1 saturated carbocycles. The molecule has 0 spiro atoms. The van der Waals surface area contributed by atoms with Crippen LogP contribution in [0.25, 0.3) is 0 Å². The molecule has 1 aliphatic carbocycles. The van der Waals surface area contributed by atoms with Crippen molar-refractivity contribution in [2.24, 2.45) is 11.7 Å². The number of benzene rings is 1. The van der Waals surface area contributed by atoms with Crippen molar-refractivity contribution in [2.75, 3.05) is 5.32 Å². The van der Waals surface area contributed by atoms with E-state index in [9.17, 15) is 20.0 Å². The molecule has 2 rings (SSSR count). The summed E-state index contributed by atoms with van der Waals surface area (Å²) < 4.78 is 0. The molecule has 0 heterocycles. The van der Waals surface area contributed by atoms with Gasteiger partial charge >= 0.3 is 0 Å². The highest BCUT2D eigenvalue weighted by atomic mass is 16.6. The van der Waals surface area contributed by atoms with Crippen molar-refractivity contribution >= 4 is 17.3 Å². The lowest BCUT2D eigenvalue weighted by atomic mass is 10.0. The molecule has 1 amide bonds. The Morgan fingerprint density at radius 2 is 2.21 bits per heavy atom. The van der Waals surface area contributed by atoms with E-state index >= 15 is 0 Å². The van der Waals surface area contributed by atoms with Gasteiger partial charge in [0.15, 0.2) is 0 Å². The minimum Gasteiger partial charge on any atom is -0.508 e. The molecular weight excluding hydrogens is 250 g/mol. The van der Waals surface area contributed by atoms with Gasteiger partial charge in [0.2, 0.25) is 5.91 Å². The largest absolute Gasteiger partial charge is 0.508 e. The Bertz CT molecular complexity index is 518. The van der Waals surface area contributed by atoms with Crippen molar-refractivity contribution in [1.29, 1.82) is 0 Å². The maximum atomic E-state index is 12.0. The second kappa shape index (κ2) is 5.23. The lowest BCUT2D eigenvalue weighted by Gasteiger charge is -2.15. The van der Waals surface area contributed by atoms with Crippen LogP contribution in [0.4, 0.5) is 11.4 Å². The topological polar surface area (TPSA) is 118 Å². The SMILES string of the molecule is NC1CCCC1C(=O)Nc1ccc(O)cc1[N+](=O)[O-]. The molecule has 19 heavy (non-hydrogen) atoms. The van der Waals surface area contributed by atoms with Crippen molar-refractivity contribution < 1.29 is 14.8 Å². The maximum Gasteiger partial charge on any atom is 0.296 e. The van der Waals surface area contributed by atoms with Crippen LogP contribution >= 0.6 is 0 Å². The zero-order valence-corrected chi connectivity index (χ0v) is 10.2. The van der Waals surface area contributed by atoms with E-state index in [2.05, 4.69) is 5.32 Å². The number of aromatic hydroxyl groups is 1. The summed E-state index contributed by atoms with van der Waals surface area (Å²) >= 11 is 0. The number of anilines is 1. The van der Waals surface area contributed by atoms with E-state index in [1.54, 1.807) is 0 Å². The first-order valence-corrected chi connectivity index (χ1v) is 6.03. The summed E-state index contributed by atoms with van der Waals surface area (Å²) in [6, 6.07) is 3.41. The van der Waals surface area contributed by atoms with Crippen LogP contribution in [0.3, 0.4) is 0 Å². The number of hydrogen-bond donors (Lipinski definition) is 3. The molecule has 2 unspecified atom stereocenters. The van der Waals surface area contributed by atoms with E-state index in [1.165, 1.54) is 12.1 Å². The fourth-order valence-electron chi connectivity index (χ4n) is 2.32. The van der Waals surface area contributed by atoms with E-state index in [-0.39, 0.29) is 35.0 Å². The van der Waals surface area contributed by atoms with Gasteiger partial charge in [-0.25, -0.2) is 0 Å². The van der Waals surface area contributed by atoms with Crippen LogP contribution in [-0.4, -0.2) is 22.0 Å². The number of carbonyl (C=O) groups is 1. The van der Waals surface area contributed by atoms with Crippen LogP contribution in [0.15, 0.2) is 18.2 Å². The van der Waals surface area contributed by atoms with E-state index in [0.717, 1.165) is 18.9 Å². The van der Waals surface area contributed by atoms with Gasteiger partial charge in [-0.3, -0.25) is 14.9 Å². The molecule has 102 valence electrons. The molecule has 0 aliphatic heterocycles. The highest BCUT2D eigenvalue weighted by Gasteiger charge is 2.31. The lowest BCUT2D eigenvalue weighted by molar-refractivity contribution is -0.384. The number of rotatable bonds is 3. The monoisotopic (exact) mass is 265 g/mol. The summed E-state index contributed by atoms with van der Waals surface area (Å²) in [5.41, 5.74) is 5.56. The van der Waals surface area contributed by atoms with Crippen molar-refractivity contribution in [2.45, 2.75) is 25.3 Å². The number of nitro groups is 1. The minimum absolute atomic E-state index is 0.0758. The molecule has 4 N–H and O–H groups in total. The van der Waals surface area contributed by atoms with Crippen molar-refractivity contribution in [3.63, 3.8) is 0 Å². The Morgan fingerprint density at radius 1 is 1.47 bits per heavy atom. The number of carbonyl (C=O) groups excluding carboxylic acids is 1. The summed E-state index contributed by atoms with van der Waals surface area (Å²) in [5, 5.41) is 22.6. The van der Waals surface area contributed by atoms with Crippen molar-refractivity contribution in [1.82, 2.24) is 0 Å². The zero-order chi connectivity index (χ0) is 14.0. The number of nitro benzene ring substituents is 1. The normalized spacial score (nSPS) is 22.2. The van der Waals surface area contributed by atoms with Gasteiger partial charge < -0.3 is 16.2 Å². The first-order valence-electron chi connectivity index (χ1n) is 6.03. The molecule has 2 atom stereocenters. The molecule has 0 aromatic heterocycles. The minimum atomic E-state index is -0.649. The van der Waals surface area contributed by atoms with Gasteiger partial charge in [0, 0.05) is 6.04 Å². The first-order chi connectivity index (χ1) is 8.99. The smallest absolute Gasteiger partial charge is 0.296 e. The molecular formula is C12H15N3O4. The molecule has 1 aromatic carbocycles. The number of phenolic OH excluding ortho intramolecular Hbond substituents is 1. The molecule has 7 nitrogen and oxygen atoms in total. The van der Waals surface area contributed by atoms with Crippen LogP contribution in [0, 0.1) is 16.0 Å². The third kappa shape index (κ3) is 2.82. The average Bonchev–Trinajstić information content (AvgIpc) is 2.77. The number of nitrogens with one attached hydrogen (secondary N) is 1. The van der Waals surface area contributed by atoms with Gasteiger partial charge in [-0.05, 0) is 25.0 Å². The second-order valence-electron chi connectivity index (χ2n) is 4.65. The first kappa shape index (κ1) is 13.3. The molecule has 7 heteroatoms. The fourth-order valence-corrected chi connectivity index (χ4v) is 2.32. The lowest BCUT2D eigenvalue weighted by Crippen LogP contribution is -2.34. The number of phenols is 1. The average molecular weight is 265 g/mol.